The largest absolute Gasteiger partial charge is 0.325 e. The third-order valence-electron chi connectivity index (χ3n) is 3.74. The number of imide groups is 1. The van der Waals surface area contributed by atoms with Crippen molar-refractivity contribution < 1.29 is 14.0 Å². The predicted molar refractivity (Wildman–Crippen MR) is 70.7 cm³/mol. The summed E-state index contributed by atoms with van der Waals surface area (Å²) in [6, 6.07) is 3.59. The van der Waals surface area contributed by atoms with Gasteiger partial charge in [0.1, 0.15) is 11.4 Å². The number of rotatable bonds is 2. The first-order valence-corrected chi connectivity index (χ1v) is 6.68. The molecule has 2 fully saturated rings. The fourth-order valence-electron chi connectivity index (χ4n) is 2.64. The molecule has 3 rings (SSSR count). The van der Waals surface area contributed by atoms with Crippen LogP contribution in [0.15, 0.2) is 18.2 Å². The second kappa shape index (κ2) is 4.71. The molecule has 2 saturated heterocycles. The molecule has 2 N–H and O–H groups in total. The van der Waals surface area contributed by atoms with Gasteiger partial charge in [-0.15, -0.1) is 0 Å². The Labute approximate surface area is 120 Å². The van der Waals surface area contributed by atoms with Crippen LogP contribution in [0.5, 0.6) is 0 Å². The molecule has 0 bridgehead atoms. The second-order valence-electron chi connectivity index (χ2n) is 5.07. The number of benzene rings is 1. The molecular formula is C13H13ClFN3O2. The number of carbonyl (C=O) groups excluding carboxylic acids is 2. The number of halogens is 2. The van der Waals surface area contributed by atoms with E-state index in [4.69, 9.17) is 11.6 Å². The number of hydrogen-bond donors (Lipinski definition) is 2. The average Bonchev–Trinajstić information content (AvgIpc) is 2.96. The lowest BCUT2D eigenvalue weighted by atomic mass is 9.99. The van der Waals surface area contributed by atoms with Crippen molar-refractivity contribution in [2.24, 2.45) is 0 Å². The van der Waals surface area contributed by atoms with Gasteiger partial charge in [0, 0.05) is 17.1 Å². The molecule has 1 spiro atoms. The van der Waals surface area contributed by atoms with Gasteiger partial charge in [-0.1, -0.05) is 11.6 Å². The molecule has 0 radical (unpaired) electrons. The standard InChI is InChI=1S/C13H13ClFN3O2/c14-9-1-2-10(15)8(5-9)6-18-11(19)13(17-12(18)20)3-4-16-7-13/h1-2,5,16H,3-4,6-7H2,(H,17,20). The molecule has 1 unspecified atom stereocenters. The molecule has 20 heavy (non-hydrogen) atoms. The predicted octanol–water partition coefficient (Wildman–Crippen LogP) is 1.26. The van der Waals surface area contributed by atoms with E-state index in [-0.39, 0.29) is 18.0 Å². The molecule has 2 heterocycles. The highest BCUT2D eigenvalue weighted by Crippen LogP contribution is 2.26. The number of carbonyl (C=O) groups is 2. The van der Waals surface area contributed by atoms with Gasteiger partial charge in [-0.2, -0.15) is 0 Å². The molecule has 0 aliphatic carbocycles. The van der Waals surface area contributed by atoms with Crippen LogP contribution in [0.1, 0.15) is 12.0 Å². The van der Waals surface area contributed by atoms with Crippen LogP contribution in [0.3, 0.4) is 0 Å². The van der Waals surface area contributed by atoms with Gasteiger partial charge in [0.05, 0.1) is 6.54 Å². The van der Waals surface area contributed by atoms with Crippen molar-refractivity contribution in [3.8, 4) is 0 Å². The van der Waals surface area contributed by atoms with Crippen LogP contribution in [-0.4, -0.2) is 35.5 Å². The maximum atomic E-state index is 13.7. The highest BCUT2D eigenvalue weighted by atomic mass is 35.5. The first-order chi connectivity index (χ1) is 9.52. The molecule has 0 saturated carbocycles. The molecule has 1 aromatic carbocycles. The summed E-state index contributed by atoms with van der Waals surface area (Å²) in [5.41, 5.74) is -0.643. The van der Waals surface area contributed by atoms with Crippen molar-refractivity contribution in [2.45, 2.75) is 18.5 Å². The molecule has 0 aromatic heterocycles. The maximum Gasteiger partial charge on any atom is 0.325 e. The number of hydrogen-bond acceptors (Lipinski definition) is 3. The number of nitrogens with zero attached hydrogens (tertiary/aromatic N) is 1. The van der Waals surface area contributed by atoms with Crippen LogP contribution >= 0.6 is 11.6 Å². The van der Waals surface area contributed by atoms with Gasteiger partial charge >= 0.3 is 6.03 Å². The van der Waals surface area contributed by atoms with E-state index >= 15 is 0 Å². The van der Waals surface area contributed by atoms with Crippen molar-refractivity contribution in [3.05, 3.63) is 34.6 Å². The van der Waals surface area contributed by atoms with E-state index in [1.807, 2.05) is 0 Å². The lowest BCUT2D eigenvalue weighted by molar-refractivity contribution is -0.131. The summed E-state index contributed by atoms with van der Waals surface area (Å²) in [6.07, 6.45) is 0.548. The zero-order valence-corrected chi connectivity index (χ0v) is 11.3. The Kier molecular flexibility index (Phi) is 3.14. The summed E-state index contributed by atoms with van der Waals surface area (Å²) >= 11 is 5.81. The second-order valence-corrected chi connectivity index (χ2v) is 5.50. The van der Waals surface area contributed by atoms with E-state index in [9.17, 15) is 14.0 Å². The SMILES string of the molecule is O=C1NC2(CCNC2)C(=O)N1Cc1cc(Cl)ccc1F. The van der Waals surface area contributed by atoms with Gasteiger partial charge in [-0.05, 0) is 31.2 Å². The summed E-state index contributed by atoms with van der Waals surface area (Å²) in [6.45, 7) is 0.969. The van der Waals surface area contributed by atoms with E-state index < -0.39 is 17.4 Å². The van der Waals surface area contributed by atoms with Crippen molar-refractivity contribution in [3.63, 3.8) is 0 Å². The van der Waals surface area contributed by atoms with E-state index in [2.05, 4.69) is 10.6 Å². The van der Waals surface area contributed by atoms with E-state index in [0.717, 1.165) is 4.90 Å². The lowest BCUT2D eigenvalue weighted by Crippen LogP contribution is -2.48. The maximum absolute atomic E-state index is 13.7. The highest BCUT2D eigenvalue weighted by molar-refractivity contribution is 6.30. The van der Waals surface area contributed by atoms with Crippen molar-refractivity contribution in [1.82, 2.24) is 15.5 Å². The molecule has 2 aliphatic rings. The summed E-state index contributed by atoms with van der Waals surface area (Å²) < 4.78 is 13.7. The van der Waals surface area contributed by atoms with Crippen LogP contribution < -0.4 is 10.6 Å². The van der Waals surface area contributed by atoms with Gasteiger partial charge in [0.25, 0.3) is 5.91 Å². The molecule has 1 atom stereocenters. The third-order valence-corrected chi connectivity index (χ3v) is 3.97. The third kappa shape index (κ3) is 2.05. The molecule has 7 heteroatoms. The minimum atomic E-state index is -0.869. The molecule has 3 amide bonds. The van der Waals surface area contributed by atoms with Crippen LogP contribution in [0.4, 0.5) is 9.18 Å². The van der Waals surface area contributed by atoms with Crippen molar-refractivity contribution in [2.75, 3.05) is 13.1 Å². The molecule has 5 nitrogen and oxygen atoms in total. The molecule has 2 aliphatic heterocycles. The normalized spacial score (nSPS) is 25.6. The Bertz CT molecular complexity index is 587. The smallest absolute Gasteiger partial charge is 0.322 e. The fraction of sp³-hybridized carbons (Fsp3) is 0.385. The number of nitrogens with one attached hydrogen (secondary N) is 2. The van der Waals surface area contributed by atoms with Crippen LogP contribution in [0.25, 0.3) is 0 Å². The summed E-state index contributed by atoms with van der Waals surface area (Å²) in [4.78, 5) is 25.4. The minimum absolute atomic E-state index is 0.112. The first kappa shape index (κ1) is 13.3. The van der Waals surface area contributed by atoms with Crippen molar-refractivity contribution in [1.29, 1.82) is 0 Å². The number of urea groups is 1. The Morgan fingerprint density at radius 3 is 2.90 bits per heavy atom. The van der Waals surface area contributed by atoms with E-state index in [1.165, 1.54) is 18.2 Å². The van der Waals surface area contributed by atoms with Crippen LogP contribution in [-0.2, 0) is 11.3 Å². The zero-order valence-electron chi connectivity index (χ0n) is 10.6. The Morgan fingerprint density at radius 1 is 1.40 bits per heavy atom. The van der Waals surface area contributed by atoms with Gasteiger partial charge in [0.2, 0.25) is 0 Å². The highest BCUT2D eigenvalue weighted by Gasteiger charge is 2.52. The zero-order chi connectivity index (χ0) is 14.3. The molecule has 1 aromatic rings. The van der Waals surface area contributed by atoms with Crippen LogP contribution in [0.2, 0.25) is 5.02 Å². The van der Waals surface area contributed by atoms with Gasteiger partial charge in [-0.3, -0.25) is 9.69 Å². The molecule has 106 valence electrons. The minimum Gasteiger partial charge on any atom is -0.322 e. The topological polar surface area (TPSA) is 61.4 Å². The Hall–Kier alpha value is -1.66. The van der Waals surface area contributed by atoms with Crippen LogP contribution in [0, 0.1) is 5.82 Å². The summed E-state index contributed by atoms with van der Waals surface area (Å²) in [5, 5.41) is 6.12. The monoisotopic (exact) mass is 297 g/mol. The number of amides is 3. The Morgan fingerprint density at radius 2 is 2.20 bits per heavy atom. The molecular weight excluding hydrogens is 285 g/mol. The van der Waals surface area contributed by atoms with Gasteiger partial charge in [-0.25, -0.2) is 9.18 Å². The average molecular weight is 298 g/mol. The summed E-state index contributed by atoms with van der Waals surface area (Å²) in [7, 11) is 0. The lowest BCUT2D eigenvalue weighted by Gasteiger charge is -2.19. The first-order valence-electron chi connectivity index (χ1n) is 6.31. The van der Waals surface area contributed by atoms with Gasteiger partial charge in [0.15, 0.2) is 0 Å². The quantitative estimate of drug-likeness (QED) is 0.808. The Balaban J connectivity index is 1.86. The van der Waals surface area contributed by atoms with Crippen molar-refractivity contribution >= 4 is 23.5 Å². The summed E-state index contributed by atoms with van der Waals surface area (Å²) in [5.74, 6) is -0.799. The van der Waals surface area contributed by atoms with E-state index in [1.54, 1.807) is 0 Å². The van der Waals surface area contributed by atoms with Gasteiger partial charge < -0.3 is 10.6 Å². The van der Waals surface area contributed by atoms with E-state index in [0.29, 0.717) is 24.5 Å². The fourth-order valence-corrected chi connectivity index (χ4v) is 2.83.